The van der Waals surface area contributed by atoms with Crippen molar-refractivity contribution in [2.45, 2.75) is 26.0 Å². The molecule has 0 radical (unpaired) electrons. The molecule has 1 unspecified atom stereocenters. The number of ether oxygens (including phenoxy) is 1. The number of anilines is 1. The Bertz CT molecular complexity index is 1150. The number of hydrogen-bond donors (Lipinski definition) is 1. The van der Waals surface area contributed by atoms with Gasteiger partial charge in [-0.3, -0.25) is 14.5 Å². The molecule has 0 spiro atoms. The Kier molecular flexibility index (Phi) is 5.33. The van der Waals surface area contributed by atoms with E-state index in [4.69, 9.17) is 9.15 Å². The topological polar surface area (TPSA) is 80.0 Å². The van der Waals surface area contributed by atoms with Gasteiger partial charge >= 0.3 is 0 Å². The first-order valence-corrected chi connectivity index (χ1v) is 9.74. The van der Waals surface area contributed by atoms with Crippen molar-refractivity contribution < 1.29 is 28.2 Å². The molecular weight excluding hydrogens is 401 g/mol. The number of rotatable bonds is 5. The van der Waals surface area contributed by atoms with Crippen molar-refractivity contribution in [1.29, 1.82) is 0 Å². The minimum absolute atomic E-state index is 0.0185. The second-order valence-corrected chi connectivity index (χ2v) is 7.36. The maximum Gasteiger partial charge on any atom is 0.300 e. The fraction of sp³-hybridized carbons (Fsp3) is 0.167. The lowest BCUT2D eigenvalue weighted by Gasteiger charge is -2.23. The van der Waals surface area contributed by atoms with Crippen LogP contribution in [0.2, 0.25) is 0 Å². The average Bonchev–Trinajstić information content (AvgIpc) is 3.35. The molecule has 0 bridgehead atoms. The van der Waals surface area contributed by atoms with E-state index in [1.54, 1.807) is 36.4 Å². The lowest BCUT2D eigenvalue weighted by molar-refractivity contribution is -0.132. The molecule has 1 saturated heterocycles. The molecule has 0 saturated carbocycles. The second-order valence-electron chi connectivity index (χ2n) is 7.36. The fourth-order valence-corrected chi connectivity index (χ4v) is 3.56. The summed E-state index contributed by atoms with van der Waals surface area (Å²) < 4.78 is 24.9. The summed E-state index contributed by atoms with van der Waals surface area (Å²) in [4.78, 5) is 27.0. The van der Waals surface area contributed by atoms with Crippen LogP contribution >= 0.6 is 0 Å². The van der Waals surface area contributed by atoms with E-state index in [1.165, 1.54) is 24.5 Å². The number of furan rings is 1. The Morgan fingerprint density at radius 1 is 1.10 bits per heavy atom. The maximum atomic E-state index is 13.8. The first kappa shape index (κ1) is 20.4. The molecule has 31 heavy (non-hydrogen) atoms. The highest BCUT2D eigenvalue weighted by Crippen LogP contribution is 2.42. The molecule has 6 nitrogen and oxygen atoms in total. The van der Waals surface area contributed by atoms with Crippen LogP contribution in [0.15, 0.2) is 76.9 Å². The molecule has 2 heterocycles. The Morgan fingerprint density at radius 3 is 2.45 bits per heavy atom. The predicted molar refractivity (Wildman–Crippen MR) is 112 cm³/mol. The predicted octanol–water partition coefficient (Wildman–Crippen LogP) is 4.83. The van der Waals surface area contributed by atoms with Gasteiger partial charge in [0.1, 0.15) is 29.1 Å². The van der Waals surface area contributed by atoms with Crippen LogP contribution in [0.4, 0.5) is 10.1 Å². The van der Waals surface area contributed by atoms with E-state index in [0.29, 0.717) is 11.3 Å². The number of benzene rings is 2. The summed E-state index contributed by atoms with van der Waals surface area (Å²) in [7, 11) is 0. The molecule has 1 aromatic heterocycles. The van der Waals surface area contributed by atoms with Gasteiger partial charge in [-0.25, -0.2) is 4.39 Å². The Morgan fingerprint density at radius 2 is 1.84 bits per heavy atom. The van der Waals surface area contributed by atoms with Gasteiger partial charge in [-0.05, 0) is 68.4 Å². The number of hydrogen-bond acceptors (Lipinski definition) is 5. The number of carbonyl (C=O) groups excluding carboxylic acids is 2. The minimum Gasteiger partial charge on any atom is -0.507 e. The molecule has 3 aromatic rings. The molecule has 1 aliphatic heterocycles. The van der Waals surface area contributed by atoms with Crippen molar-refractivity contribution in [2.75, 3.05) is 4.90 Å². The highest BCUT2D eigenvalue weighted by Gasteiger charge is 2.48. The van der Waals surface area contributed by atoms with E-state index in [-0.39, 0.29) is 28.9 Å². The molecule has 0 aliphatic carbocycles. The van der Waals surface area contributed by atoms with Crippen LogP contribution in [-0.2, 0) is 9.59 Å². The quantitative estimate of drug-likeness (QED) is 0.363. The number of Topliss-reactive ketones (excluding diaryl/α,β-unsaturated/α-hetero) is 1. The summed E-state index contributed by atoms with van der Waals surface area (Å²) in [5, 5.41) is 11.0. The zero-order chi connectivity index (χ0) is 22.1. The molecular formula is C24H20FNO5. The summed E-state index contributed by atoms with van der Waals surface area (Å²) >= 11 is 0. The van der Waals surface area contributed by atoms with Gasteiger partial charge < -0.3 is 14.3 Å². The Balaban J connectivity index is 1.83. The van der Waals surface area contributed by atoms with E-state index in [2.05, 4.69) is 0 Å². The van der Waals surface area contributed by atoms with E-state index < -0.39 is 23.5 Å². The molecule has 1 N–H and O–H groups in total. The second kappa shape index (κ2) is 8.10. The van der Waals surface area contributed by atoms with E-state index >= 15 is 0 Å². The van der Waals surface area contributed by atoms with Crippen molar-refractivity contribution >= 4 is 23.1 Å². The fourth-order valence-electron chi connectivity index (χ4n) is 3.56. The van der Waals surface area contributed by atoms with Gasteiger partial charge in [-0.15, -0.1) is 0 Å². The number of carbonyl (C=O) groups is 2. The van der Waals surface area contributed by atoms with Crippen molar-refractivity contribution in [2.24, 2.45) is 0 Å². The van der Waals surface area contributed by atoms with Crippen LogP contribution in [0.1, 0.15) is 31.2 Å². The number of aliphatic hydroxyl groups excluding tert-OH is 1. The van der Waals surface area contributed by atoms with Gasteiger partial charge in [0.2, 0.25) is 0 Å². The zero-order valence-corrected chi connectivity index (χ0v) is 16.9. The highest BCUT2D eigenvalue weighted by molar-refractivity contribution is 6.51. The molecule has 1 aliphatic rings. The summed E-state index contributed by atoms with van der Waals surface area (Å²) in [5.74, 6) is -1.80. The van der Waals surface area contributed by atoms with Crippen LogP contribution in [0.25, 0.3) is 5.76 Å². The smallest absolute Gasteiger partial charge is 0.300 e. The third-order valence-electron chi connectivity index (χ3n) is 4.84. The Labute approximate surface area is 178 Å². The van der Waals surface area contributed by atoms with Gasteiger partial charge in [0.05, 0.1) is 17.9 Å². The first-order chi connectivity index (χ1) is 14.9. The van der Waals surface area contributed by atoms with E-state index in [0.717, 1.165) is 11.0 Å². The third kappa shape index (κ3) is 3.82. The van der Waals surface area contributed by atoms with Crippen LogP contribution in [-0.4, -0.2) is 22.9 Å². The summed E-state index contributed by atoms with van der Waals surface area (Å²) in [6, 6.07) is 14.0. The largest absolute Gasteiger partial charge is 0.507 e. The lowest BCUT2D eigenvalue weighted by Crippen LogP contribution is -2.29. The number of nitrogens with zero attached hydrogens (tertiary/aromatic N) is 1. The molecule has 7 heteroatoms. The molecule has 1 amide bonds. The zero-order valence-electron chi connectivity index (χ0n) is 16.9. The van der Waals surface area contributed by atoms with Crippen molar-refractivity contribution in [3.63, 3.8) is 0 Å². The maximum absolute atomic E-state index is 13.8. The van der Waals surface area contributed by atoms with Crippen LogP contribution in [0.3, 0.4) is 0 Å². The standard InChI is InChI=1S/C24H20FNO5/c1-14(2)31-18-10-8-15(9-11-18)22(27)20-21(19-7-4-12-30-19)26(24(29)23(20)28)17-6-3-5-16(25)13-17/h3-14,21,27H,1-2H3/b22-20-. The van der Waals surface area contributed by atoms with Gasteiger partial charge in [0, 0.05) is 11.3 Å². The number of amides is 1. The van der Waals surface area contributed by atoms with Crippen LogP contribution in [0, 0.1) is 5.82 Å². The van der Waals surface area contributed by atoms with Crippen molar-refractivity contribution in [3.05, 3.63) is 89.6 Å². The van der Waals surface area contributed by atoms with Crippen molar-refractivity contribution in [3.8, 4) is 5.75 Å². The third-order valence-corrected chi connectivity index (χ3v) is 4.84. The SMILES string of the molecule is CC(C)Oc1ccc(/C(O)=C2/C(=O)C(=O)N(c3cccc(F)c3)C2c2ccco2)cc1. The van der Waals surface area contributed by atoms with Crippen LogP contribution < -0.4 is 9.64 Å². The molecule has 1 atom stereocenters. The molecule has 4 rings (SSSR count). The number of aliphatic hydroxyl groups is 1. The van der Waals surface area contributed by atoms with E-state index in [9.17, 15) is 19.1 Å². The minimum atomic E-state index is -1.04. The number of ketones is 1. The number of halogens is 1. The van der Waals surface area contributed by atoms with E-state index in [1.807, 2.05) is 13.8 Å². The van der Waals surface area contributed by atoms with Gasteiger partial charge in [0.25, 0.3) is 11.7 Å². The molecule has 1 fully saturated rings. The summed E-state index contributed by atoms with van der Waals surface area (Å²) in [6.07, 6.45) is 1.38. The Hall–Kier alpha value is -3.87. The first-order valence-electron chi connectivity index (χ1n) is 9.74. The summed E-state index contributed by atoms with van der Waals surface area (Å²) in [5.41, 5.74) is 0.384. The van der Waals surface area contributed by atoms with Crippen LogP contribution in [0.5, 0.6) is 5.75 Å². The average molecular weight is 421 g/mol. The highest BCUT2D eigenvalue weighted by atomic mass is 19.1. The van der Waals surface area contributed by atoms with Gasteiger partial charge in [0.15, 0.2) is 0 Å². The van der Waals surface area contributed by atoms with Gasteiger partial charge in [-0.2, -0.15) is 0 Å². The summed E-state index contributed by atoms with van der Waals surface area (Å²) in [6.45, 7) is 3.79. The molecule has 2 aromatic carbocycles. The lowest BCUT2D eigenvalue weighted by atomic mass is 9.99. The molecule has 158 valence electrons. The monoisotopic (exact) mass is 421 g/mol. The normalized spacial score (nSPS) is 18.1. The van der Waals surface area contributed by atoms with Crippen molar-refractivity contribution in [1.82, 2.24) is 0 Å². The van der Waals surface area contributed by atoms with Gasteiger partial charge in [-0.1, -0.05) is 6.07 Å².